The van der Waals surface area contributed by atoms with Gasteiger partial charge in [-0.05, 0) is 54.7 Å². The fourth-order valence-corrected chi connectivity index (χ4v) is 4.75. The molecular weight excluding hydrogens is 412 g/mol. The normalized spacial score (nSPS) is 19.5. The number of ether oxygens (including phenoxy) is 1. The Kier molecular flexibility index (Phi) is 5.47. The minimum absolute atomic E-state index is 0.136. The number of hydrogen-bond acceptors (Lipinski definition) is 5. The molecule has 5 nitrogen and oxygen atoms in total. The SMILES string of the molecule is COC(=O)c1ccc([C@H]2Nc3ccccc3NC3=C2C(=O)C[C@H](c2ccc(C)cc2)C3)cc1. The Morgan fingerprint density at radius 1 is 0.879 bits per heavy atom. The Morgan fingerprint density at radius 3 is 2.24 bits per heavy atom. The van der Waals surface area contributed by atoms with E-state index in [1.165, 1.54) is 18.2 Å². The summed E-state index contributed by atoms with van der Waals surface area (Å²) in [5.74, 6) is -0.106. The number of para-hydroxylation sites is 2. The number of aryl methyl sites for hydroxylation is 1. The molecule has 0 saturated heterocycles. The Bertz CT molecular complexity index is 1240. The molecule has 0 fully saturated rings. The average Bonchev–Trinajstić information content (AvgIpc) is 3.01. The van der Waals surface area contributed by atoms with Gasteiger partial charge in [-0.15, -0.1) is 0 Å². The number of carbonyl (C=O) groups excluding carboxylic acids is 2. The van der Waals surface area contributed by atoms with Gasteiger partial charge >= 0.3 is 5.97 Å². The number of esters is 1. The number of nitrogens with one attached hydrogen (secondary N) is 2. The van der Waals surface area contributed by atoms with Gasteiger partial charge in [0.05, 0.1) is 30.1 Å². The monoisotopic (exact) mass is 438 g/mol. The summed E-state index contributed by atoms with van der Waals surface area (Å²) in [7, 11) is 1.37. The Morgan fingerprint density at radius 2 is 1.55 bits per heavy atom. The quantitative estimate of drug-likeness (QED) is 0.509. The van der Waals surface area contributed by atoms with Crippen LogP contribution in [-0.4, -0.2) is 18.9 Å². The fraction of sp³-hybridized carbons (Fsp3) is 0.214. The zero-order valence-corrected chi connectivity index (χ0v) is 18.7. The van der Waals surface area contributed by atoms with Crippen LogP contribution >= 0.6 is 0 Å². The molecular formula is C28H26N2O3. The van der Waals surface area contributed by atoms with Crippen molar-refractivity contribution in [2.75, 3.05) is 17.7 Å². The van der Waals surface area contributed by atoms with Crippen molar-refractivity contribution < 1.29 is 14.3 Å². The Balaban J connectivity index is 1.57. The van der Waals surface area contributed by atoms with Gasteiger partial charge in [0.15, 0.2) is 5.78 Å². The molecule has 1 aliphatic carbocycles. The highest BCUT2D eigenvalue weighted by atomic mass is 16.5. The van der Waals surface area contributed by atoms with Gasteiger partial charge in [-0.2, -0.15) is 0 Å². The lowest BCUT2D eigenvalue weighted by Crippen LogP contribution is -2.26. The second-order valence-electron chi connectivity index (χ2n) is 8.69. The van der Waals surface area contributed by atoms with Gasteiger partial charge in [-0.1, -0.05) is 54.1 Å². The van der Waals surface area contributed by atoms with E-state index in [1.807, 2.05) is 36.4 Å². The third-order valence-corrected chi connectivity index (χ3v) is 6.52. The predicted molar refractivity (Wildman–Crippen MR) is 129 cm³/mol. The van der Waals surface area contributed by atoms with E-state index in [1.54, 1.807) is 12.1 Å². The molecule has 0 radical (unpaired) electrons. The number of rotatable bonds is 3. The zero-order valence-electron chi connectivity index (χ0n) is 18.7. The lowest BCUT2D eigenvalue weighted by atomic mass is 9.78. The Hall–Kier alpha value is -3.86. The average molecular weight is 439 g/mol. The second-order valence-corrected chi connectivity index (χ2v) is 8.69. The number of benzene rings is 3. The van der Waals surface area contributed by atoms with Gasteiger partial charge in [-0.25, -0.2) is 4.79 Å². The van der Waals surface area contributed by atoms with Gasteiger partial charge in [0.25, 0.3) is 0 Å². The molecule has 0 spiro atoms. The van der Waals surface area contributed by atoms with E-state index in [4.69, 9.17) is 4.74 Å². The number of hydrogen-bond donors (Lipinski definition) is 2. The van der Waals surface area contributed by atoms with Crippen molar-refractivity contribution >= 4 is 23.1 Å². The summed E-state index contributed by atoms with van der Waals surface area (Å²) < 4.78 is 4.82. The highest BCUT2D eigenvalue weighted by Crippen LogP contribution is 2.44. The summed E-state index contributed by atoms with van der Waals surface area (Å²) in [5.41, 5.74) is 7.42. The minimum Gasteiger partial charge on any atom is -0.465 e. The first-order valence-corrected chi connectivity index (χ1v) is 11.2. The molecule has 2 N–H and O–H groups in total. The summed E-state index contributed by atoms with van der Waals surface area (Å²) in [4.78, 5) is 25.5. The number of ketones is 1. The van der Waals surface area contributed by atoms with Crippen LogP contribution in [0.15, 0.2) is 84.1 Å². The zero-order chi connectivity index (χ0) is 22.9. The number of Topliss-reactive ketones (excluding diaryl/α,β-unsaturated/α-hetero) is 1. The van der Waals surface area contributed by atoms with E-state index in [9.17, 15) is 9.59 Å². The van der Waals surface area contributed by atoms with Gasteiger partial charge < -0.3 is 15.4 Å². The smallest absolute Gasteiger partial charge is 0.337 e. The van der Waals surface area contributed by atoms with Crippen molar-refractivity contribution in [3.63, 3.8) is 0 Å². The maximum Gasteiger partial charge on any atom is 0.337 e. The fourth-order valence-electron chi connectivity index (χ4n) is 4.75. The van der Waals surface area contributed by atoms with E-state index in [0.717, 1.165) is 34.6 Å². The summed E-state index contributed by atoms with van der Waals surface area (Å²) in [5, 5.41) is 7.14. The van der Waals surface area contributed by atoms with Gasteiger partial charge in [-0.3, -0.25) is 4.79 Å². The first-order valence-electron chi connectivity index (χ1n) is 11.2. The summed E-state index contributed by atoms with van der Waals surface area (Å²) in [6, 6.07) is 23.4. The first kappa shape index (κ1) is 21.0. The summed E-state index contributed by atoms with van der Waals surface area (Å²) in [6.45, 7) is 2.07. The molecule has 166 valence electrons. The maximum absolute atomic E-state index is 13.6. The van der Waals surface area contributed by atoms with Crippen LogP contribution in [-0.2, 0) is 9.53 Å². The van der Waals surface area contributed by atoms with Crippen LogP contribution in [0.4, 0.5) is 11.4 Å². The summed E-state index contributed by atoms with van der Waals surface area (Å²) in [6.07, 6.45) is 1.23. The lowest BCUT2D eigenvalue weighted by molar-refractivity contribution is -0.116. The van der Waals surface area contributed by atoms with Crippen LogP contribution in [0.25, 0.3) is 0 Å². The van der Waals surface area contributed by atoms with E-state index >= 15 is 0 Å². The Labute approximate surface area is 193 Å². The van der Waals surface area contributed by atoms with Crippen molar-refractivity contribution in [3.05, 3.63) is 106 Å². The molecule has 5 heteroatoms. The van der Waals surface area contributed by atoms with Crippen molar-refractivity contribution in [2.45, 2.75) is 31.7 Å². The molecule has 0 unspecified atom stereocenters. The largest absolute Gasteiger partial charge is 0.465 e. The van der Waals surface area contributed by atoms with Crippen LogP contribution in [0.2, 0.25) is 0 Å². The summed E-state index contributed by atoms with van der Waals surface area (Å²) >= 11 is 0. The third kappa shape index (κ3) is 4.02. The lowest BCUT2D eigenvalue weighted by Gasteiger charge is -2.30. The maximum atomic E-state index is 13.6. The standard InChI is InChI=1S/C28H26N2O3/c1-17-7-9-18(10-8-17)21-15-24-26(25(31)16-21)27(30-23-6-4-3-5-22(23)29-24)19-11-13-20(14-12-19)28(32)33-2/h3-14,21,27,29-30H,15-16H2,1-2H3/t21-,27-/m1/s1. The van der Waals surface area contributed by atoms with E-state index in [2.05, 4.69) is 41.8 Å². The first-order chi connectivity index (χ1) is 16.0. The second kappa shape index (κ2) is 8.58. The van der Waals surface area contributed by atoms with Crippen molar-refractivity contribution in [1.82, 2.24) is 0 Å². The van der Waals surface area contributed by atoms with E-state index in [-0.39, 0.29) is 23.7 Å². The third-order valence-electron chi connectivity index (χ3n) is 6.52. The van der Waals surface area contributed by atoms with Crippen molar-refractivity contribution in [1.29, 1.82) is 0 Å². The number of fused-ring (bicyclic) bond motifs is 1. The van der Waals surface area contributed by atoms with Crippen LogP contribution in [0, 0.1) is 6.92 Å². The molecule has 2 aliphatic rings. The topological polar surface area (TPSA) is 67.4 Å². The molecule has 0 aromatic heterocycles. The van der Waals surface area contributed by atoms with E-state index in [0.29, 0.717) is 12.0 Å². The highest BCUT2D eigenvalue weighted by molar-refractivity contribution is 6.01. The number of methoxy groups -OCH3 is 1. The van der Waals surface area contributed by atoms with E-state index < -0.39 is 0 Å². The minimum atomic E-state index is -0.378. The molecule has 1 aliphatic heterocycles. The van der Waals surface area contributed by atoms with Crippen LogP contribution < -0.4 is 10.6 Å². The number of anilines is 2. The molecule has 1 heterocycles. The van der Waals surface area contributed by atoms with Crippen molar-refractivity contribution in [3.8, 4) is 0 Å². The number of allylic oxidation sites excluding steroid dienone is 1. The highest BCUT2D eigenvalue weighted by Gasteiger charge is 2.36. The van der Waals surface area contributed by atoms with Gasteiger partial charge in [0.1, 0.15) is 0 Å². The van der Waals surface area contributed by atoms with Crippen LogP contribution in [0.3, 0.4) is 0 Å². The van der Waals surface area contributed by atoms with Crippen molar-refractivity contribution in [2.24, 2.45) is 0 Å². The number of carbonyl (C=O) groups is 2. The molecule has 0 saturated carbocycles. The van der Waals surface area contributed by atoms with Crippen LogP contribution in [0.5, 0.6) is 0 Å². The van der Waals surface area contributed by atoms with Gasteiger partial charge in [0, 0.05) is 17.7 Å². The molecule has 3 aromatic rings. The predicted octanol–water partition coefficient (Wildman–Crippen LogP) is 5.76. The molecule has 3 aromatic carbocycles. The molecule has 5 rings (SSSR count). The van der Waals surface area contributed by atoms with Crippen LogP contribution in [0.1, 0.15) is 51.8 Å². The molecule has 2 atom stereocenters. The molecule has 0 amide bonds. The molecule has 33 heavy (non-hydrogen) atoms. The van der Waals surface area contributed by atoms with Gasteiger partial charge in [0.2, 0.25) is 0 Å². The molecule has 0 bridgehead atoms.